The fraction of sp³-hybridized carbons (Fsp3) is 0.633. The van der Waals surface area contributed by atoms with Gasteiger partial charge in [-0.15, -0.1) is 6.58 Å². The Balaban J connectivity index is 2.10. The van der Waals surface area contributed by atoms with Crippen LogP contribution in [-0.4, -0.2) is 66.6 Å². The fourth-order valence-corrected chi connectivity index (χ4v) is 4.37. The number of hydrogen-bond acceptors (Lipinski definition) is 8. The van der Waals surface area contributed by atoms with E-state index in [4.69, 9.17) is 18.9 Å². The molecule has 0 aromatic heterocycles. The first-order valence-corrected chi connectivity index (χ1v) is 14.1. The second-order valence-corrected chi connectivity index (χ2v) is 9.83. The van der Waals surface area contributed by atoms with Crippen LogP contribution in [0, 0.1) is 0 Å². The van der Waals surface area contributed by atoms with Gasteiger partial charge >= 0.3 is 5.97 Å². The number of ether oxygens (including phenoxy) is 4. The Morgan fingerprint density at radius 2 is 1.79 bits per heavy atom. The zero-order valence-electron chi connectivity index (χ0n) is 23.3. The van der Waals surface area contributed by atoms with Crippen molar-refractivity contribution >= 4 is 17.7 Å². The van der Waals surface area contributed by atoms with Crippen LogP contribution in [0.2, 0.25) is 0 Å². The normalized spacial score (nSPS) is 22.7. The van der Waals surface area contributed by atoms with Crippen LogP contribution >= 0.6 is 0 Å². The molecule has 1 aliphatic rings. The van der Waals surface area contributed by atoms with Gasteiger partial charge in [-0.25, -0.2) is 0 Å². The van der Waals surface area contributed by atoms with Gasteiger partial charge in [-0.1, -0.05) is 75.9 Å². The summed E-state index contributed by atoms with van der Waals surface area (Å²) in [6.07, 6.45) is 2.73. The second kappa shape index (κ2) is 18.7. The summed E-state index contributed by atoms with van der Waals surface area (Å²) < 4.78 is 23.2. The predicted octanol–water partition coefficient (Wildman–Crippen LogP) is 4.01. The Morgan fingerprint density at radius 1 is 1.05 bits per heavy atom. The number of carbonyl (C=O) groups is 3. The van der Waals surface area contributed by atoms with Gasteiger partial charge in [-0.3, -0.25) is 14.4 Å². The maximum atomic E-state index is 12.8. The summed E-state index contributed by atoms with van der Waals surface area (Å²) in [6, 6.07) is 8.54. The minimum Gasteiger partial charge on any atom is -0.457 e. The van der Waals surface area contributed by atoms with E-state index in [0.29, 0.717) is 19.4 Å². The van der Waals surface area contributed by atoms with E-state index in [-0.39, 0.29) is 31.3 Å². The van der Waals surface area contributed by atoms with E-state index in [1.54, 1.807) is 0 Å². The zero-order chi connectivity index (χ0) is 28.5. The molecule has 9 nitrogen and oxygen atoms in total. The number of Topliss-reactive ketones (excluding diaryl/α,β-unsaturated/α-hetero) is 1. The van der Waals surface area contributed by atoms with Crippen molar-refractivity contribution in [2.24, 2.45) is 0 Å². The van der Waals surface area contributed by atoms with Gasteiger partial charge < -0.3 is 29.4 Å². The Labute approximate surface area is 232 Å². The van der Waals surface area contributed by atoms with Gasteiger partial charge in [0.1, 0.15) is 30.5 Å². The van der Waals surface area contributed by atoms with Crippen molar-refractivity contribution in [2.75, 3.05) is 13.2 Å². The first kappa shape index (κ1) is 32.6. The summed E-state index contributed by atoms with van der Waals surface area (Å²) in [5, 5.41) is 14.0. The molecule has 0 bridgehead atoms. The van der Waals surface area contributed by atoms with Gasteiger partial charge in [0.25, 0.3) is 0 Å². The zero-order valence-corrected chi connectivity index (χ0v) is 23.3. The number of aliphatic hydroxyl groups excluding tert-OH is 1. The van der Waals surface area contributed by atoms with Crippen LogP contribution in [0.1, 0.15) is 77.2 Å². The standard InChI is InChI=1S/C30H45NO8/c1-4-7-8-9-13-17-23(32)19-26(34)39-29-27(31-25(33)14-5-2)30(37-18-6-3)38-24(28(29)35)21-36-20-22-15-11-10-12-16-22/h6,10-12,15-16,24,27-30,35H,3-5,7-9,13-14,17-21H2,1-2H3,(H,31,33). The highest BCUT2D eigenvalue weighted by Gasteiger charge is 2.48. The SMILES string of the molecule is C=CCOC1OC(COCc2ccccc2)C(O)C(OC(=O)CC(=O)CCCCCCC)C1NC(=O)CCC. The molecule has 5 atom stereocenters. The Hall–Kier alpha value is -2.59. The first-order chi connectivity index (χ1) is 18.9. The Kier molecular flexibility index (Phi) is 15.6. The molecular formula is C30H45NO8. The molecule has 218 valence electrons. The number of ketones is 1. The number of esters is 1. The van der Waals surface area contributed by atoms with Crippen LogP contribution in [0.15, 0.2) is 43.0 Å². The molecule has 0 radical (unpaired) electrons. The van der Waals surface area contributed by atoms with Crippen LogP contribution < -0.4 is 5.32 Å². The fourth-order valence-electron chi connectivity index (χ4n) is 4.37. The number of carbonyl (C=O) groups excluding carboxylic acids is 3. The number of hydrogen-bond donors (Lipinski definition) is 2. The minimum atomic E-state index is -1.33. The molecule has 5 unspecified atom stereocenters. The first-order valence-electron chi connectivity index (χ1n) is 14.1. The average molecular weight is 548 g/mol. The van der Waals surface area contributed by atoms with Crippen LogP contribution in [0.3, 0.4) is 0 Å². The molecule has 2 N–H and O–H groups in total. The molecule has 0 spiro atoms. The van der Waals surface area contributed by atoms with E-state index < -0.39 is 43.0 Å². The number of aliphatic hydroxyl groups is 1. The number of benzene rings is 1. The maximum absolute atomic E-state index is 12.8. The third-order valence-corrected chi connectivity index (χ3v) is 6.42. The third-order valence-electron chi connectivity index (χ3n) is 6.42. The summed E-state index contributed by atoms with van der Waals surface area (Å²) in [5.41, 5.74) is 0.947. The van der Waals surface area contributed by atoms with E-state index in [1.807, 2.05) is 37.3 Å². The molecule has 0 saturated carbocycles. The highest BCUT2D eigenvalue weighted by molar-refractivity contribution is 5.95. The van der Waals surface area contributed by atoms with Crippen LogP contribution in [0.5, 0.6) is 0 Å². The molecular weight excluding hydrogens is 502 g/mol. The van der Waals surface area contributed by atoms with Crippen molar-refractivity contribution in [2.45, 2.75) is 109 Å². The van der Waals surface area contributed by atoms with Crippen LogP contribution in [-0.2, 0) is 39.9 Å². The number of amides is 1. The Bertz CT molecular complexity index is 877. The van der Waals surface area contributed by atoms with Crippen molar-refractivity contribution in [1.29, 1.82) is 0 Å². The summed E-state index contributed by atoms with van der Waals surface area (Å²) >= 11 is 0. The summed E-state index contributed by atoms with van der Waals surface area (Å²) in [6.45, 7) is 8.03. The molecule has 1 heterocycles. The van der Waals surface area contributed by atoms with Crippen molar-refractivity contribution in [3.8, 4) is 0 Å². The topological polar surface area (TPSA) is 120 Å². The lowest BCUT2D eigenvalue weighted by Gasteiger charge is -2.44. The largest absolute Gasteiger partial charge is 0.457 e. The van der Waals surface area contributed by atoms with E-state index >= 15 is 0 Å². The maximum Gasteiger partial charge on any atom is 0.313 e. The van der Waals surface area contributed by atoms with Gasteiger partial charge in [0, 0.05) is 12.8 Å². The number of unbranched alkanes of at least 4 members (excludes halogenated alkanes) is 4. The molecule has 1 aromatic rings. The lowest BCUT2D eigenvalue weighted by Crippen LogP contribution is -2.66. The van der Waals surface area contributed by atoms with E-state index in [2.05, 4.69) is 18.8 Å². The predicted molar refractivity (Wildman–Crippen MR) is 147 cm³/mol. The van der Waals surface area contributed by atoms with E-state index in [1.165, 1.54) is 6.08 Å². The lowest BCUT2D eigenvalue weighted by atomic mass is 9.96. The molecule has 0 aliphatic carbocycles. The molecule has 9 heteroatoms. The third kappa shape index (κ3) is 12.0. The van der Waals surface area contributed by atoms with Crippen LogP contribution in [0.4, 0.5) is 0 Å². The highest BCUT2D eigenvalue weighted by atomic mass is 16.7. The molecule has 1 aliphatic heterocycles. The van der Waals surface area contributed by atoms with Gasteiger partial charge in [-0.2, -0.15) is 0 Å². The highest BCUT2D eigenvalue weighted by Crippen LogP contribution is 2.26. The monoisotopic (exact) mass is 547 g/mol. The molecule has 1 saturated heterocycles. The van der Waals surface area contributed by atoms with Gasteiger partial charge in [0.15, 0.2) is 12.4 Å². The number of nitrogens with one attached hydrogen (secondary N) is 1. The number of rotatable bonds is 19. The molecule has 1 aromatic carbocycles. The Morgan fingerprint density at radius 3 is 2.49 bits per heavy atom. The molecule has 2 rings (SSSR count). The van der Waals surface area contributed by atoms with Crippen molar-refractivity contribution in [3.63, 3.8) is 0 Å². The van der Waals surface area contributed by atoms with Crippen LogP contribution in [0.25, 0.3) is 0 Å². The molecule has 1 amide bonds. The van der Waals surface area contributed by atoms with E-state index in [0.717, 1.165) is 37.7 Å². The van der Waals surface area contributed by atoms with Crippen molar-refractivity contribution in [1.82, 2.24) is 5.32 Å². The molecule has 39 heavy (non-hydrogen) atoms. The lowest BCUT2D eigenvalue weighted by molar-refractivity contribution is -0.273. The van der Waals surface area contributed by atoms with E-state index in [9.17, 15) is 19.5 Å². The average Bonchev–Trinajstić information content (AvgIpc) is 2.91. The summed E-state index contributed by atoms with van der Waals surface area (Å²) in [5.74, 6) is -1.28. The van der Waals surface area contributed by atoms with Crippen molar-refractivity contribution < 1.29 is 38.4 Å². The smallest absolute Gasteiger partial charge is 0.313 e. The molecule has 1 fully saturated rings. The van der Waals surface area contributed by atoms with Gasteiger partial charge in [-0.05, 0) is 18.4 Å². The van der Waals surface area contributed by atoms with Gasteiger partial charge in [0.05, 0.1) is 19.8 Å². The minimum absolute atomic E-state index is 0.00955. The summed E-state index contributed by atoms with van der Waals surface area (Å²) in [7, 11) is 0. The van der Waals surface area contributed by atoms with Gasteiger partial charge in [0.2, 0.25) is 5.91 Å². The summed E-state index contributed by atoms with van der Waals surface area (Å²) in [4.78, 5) is 37.7. The quantitative estimate of drug-likeness (QED) is 0.115. The van der Waals surface area contributed by atoms with Crippen molar-refractivity contribution in [3.05, 3.63) is 48.6 Å². The second-order valence-electron chi connectivity index (χ2n) is 9.83.